The molecular weight excluding hydrogens is 1810 g/mol. The first-order valence-corrected chi connectivity index (χ1v) is 51.6. The van der Waals surface area contributed by atoms with E-state index in [2.05, 4.69) is 15.2 Å². The molecule has 11 rings (SSSR count). The van der Waals surface area contributed by atoms with Crippen LogP contribution in [0, 0.1) is 0 Å². The number of allylic oxidation sites excluding steroid dienone is 10. The summed E-state index contributed by atoms with van der Waals surface area (Å²) in [6, 6.07) is 28.9. The van der Waals surface area contributed by atoms with Gasteiger partial charge >= 0.3 is 16.6 Å². The Hall–Kier alpha value is -9.90. The van der Waals surface area contributed by atoms with Crippen molar-refractivity contribution in [2.24, 2.45) is 0 Å². The minimum Gasteiger partial charge on any atom is -0.748 e. The number of anilines is 2. The summed E-state index contributed by atoms with van der Waals surface area (Å²) in [4.78, 5) is 39.9. The summed E-state index contributed by atoms with van der Waals surface area (Å²) < 4.78 is 277. The molecule has 0 fully saturated rings. The van der Waals surface area contributed by atoms with Gasteiger partial charge in [-0.1, -0.05) is 74.5 Å². The molecule has 0 bridgehead atoms. The Kier molecular flexibility index (Phi) is 30.3. The number of fused-ring (bicyclic) bond motifs is 8. The van der Waals surface area contributed by atoms with Crippen molar-refractivity contribution in [1.82, 2.24) is 10.6 Å². The number of benzene rings is 7. The Labute approximate surface area is 739 Å². The lowest BCUT2D eigenvalue weighted by molar-refractivity contribution is -0.438. The Morgan fingerprint density at radius 3 is 1.57 bits per heavy atom. The van der Waals surface area contributed by atoms with Crippen LogP contribution in [-0.2, 0) is 126 Å². The maximum absolute atomic E-state index is 13.8. The summed E-state index contributed by atoms with van der Waals surface area (Å²) in [7, 11) is -36.4. The zero-order valence-corrected chi connectivity index (χ0v) is 76.7. The standard InChI is InChI=1S/C85H98N6O25S7.O3S/c1-82(2)66-49-57(29-37-68(66)89(44-19-47-118(99,100)101)73(82)23-17-24-74-83(3,4)67-52-61(121(108,109)110)35-39-69(67)88(74)42-16-10-14-26-78(93)94)55-87-81(95)59-30-27-56(28-31-59)54-86-77(92)25-13-9-15-43-90-70-40-36-63-65(51-62(122(111,112)113)53-72(63)123(114,115)116)79(70)84(5,6)75(90)21-11-8-12-22-76-85(7,41-18-46-117(96,97)98)80-64-50-60(120(105,106)107)34-32-58(64)33-38-71(80)91(76)45-20-48-119(102,103)104;1-4(2)3/h8,11-12,17,21-24,27-40,49-53H,9-10,13-16,18-20,25-26,41-48,54-55H2,1-7H3,(H8-2,86,87,92,93,94,95,96,97,98,99,100,101,102,103,104,105,106,107,108,109,110,111,112,113,114,115,116);. The molecule has 1 atom stereocenters. The zero-order valence-electron chi connectivity index (χ0n) is 70.2. The van der Waals surface area contributed by atoms with Crippen molar-refractivity contribution in [3.63, 3.8) is 0 Å². The lowest BCUT2D eigenvalue weighted by Crippen LogP contribution is -2.30. The number of nitrogens with zero attached hydrogens (tertiary/aromatic N) is 4. The molecular formula is C85H98N6O28S8. The van der Waals surface area contributed by atoms with Gasteiger partial charge in [0.05, 0.1) is 51.5 Å². The van der Waals surface area contributed by atoms with Crippen LogP contribution in [0.4, 0.5) is 22.7 Å². The Morgan fingerprint density at radius 1 is 0.457 bits per heavy atom. The number of hydrogen-bond donors (Lipinski definition) is 8. The fourth-order valence-corrected chi connectivity index (χ4v) is 21.1. The maximum Gasteiger partial charge on any atom is 0.425 e. The average molecular weight is 1910 g/mol. The number of rotatable bonds is 38. The molecule has 42 heteroatoms. The quantitative estimate of drug-likeness (QED) is 0.00771. The normalized spacial score (nSPS) is 17.5. The zero-order chi connectivity index (χ0) is 93.8. The van der Waals surface area contributed by atoms with E-state index in [1.807, 2.05) is 73.6 Å². The van der Waals surface area contributed by atoms with E-state index < -0.39 is 141 Å². The van der Waals surface area contributed by atoms with Gasteiger partial charge in [0.1, 0.15) is 18.0 Å². The predicted molar refractivity (Wildman–Crippen MR) is 472 cm³/mol. The summed E-state index contributed by atoms with van der Waals surface area (Å²) in [5.74, 6) is -3.59. The van der Waals surface area contributed by atoms with Crippen molar-refractivity contribution in [3.8, 4) is 0 Å². The van der Waals surface area contributed by atoms with E-state index in [4.69, 9.17) is 12.6 Å². The monoisotopic (exact) mass is 1910 g/mol. The minimum absolute atomic E-state index is 0.0108. The van der Waals surface area contributed by atoms with E-state index >= 15 is 0 Å². The number of unbranched alkanes of at least 4 members (excludes halogenated alkanes) is 4. The van der Waals surface area contributed by atoms with Gasteiger partial charge in [0.25, 0.3) is 56.5 Å². The predicted octanol–water partition coefficient (Wildman–Crippen LogP) is 10.7. The minimum atomic E-state index is -5.11. The van der Waals surface area contributed by atoms with E-state index in [0.717, 1.165) is 40.0 Å². The van der Waals surface area contributed by atoms with Gasteiger partial charge in [-0.05, 0) is 203 Å². The molecule has 0 aromatic heterocycles. The molecule has 0 aliphatic carbocycles. The molecule has 0 saturated carbocycles. The second-order valence-corrected chi connectivity index (χ2v) is 43.7. The van der Waals surface area contributed by atoms with Gasteiger partial charge in [-0.3, -0.25) is 37.1 Å². The number of carbonyl (C=O) groups is 3. The van der Waals surface area contributed by atoms with Crippen molar-refractivity contribution in [2.75, 3.05) is 53.2 Å². The molecule has 2 amide bonds. The second-order valence-electron chi connectivity index (χ2n) is 33.0. The SMILES string of the molecule is CC1(C)C(=CC=CC2=[N+](CCCCCC(=O)O)c3ccc(S(=O)(=O)O)cc3C2(C)C)N(CCCS(=O)(=O)[O-])c2ccc(CNC(=O)c3ccc(CNC(=O)CCCCC[N+]4=C(C=CC=CC=C5N(CCCS(=O)(=O)[O-])c6ccc7ccc(S(=O)(=O)O)cc7c6C5(C)CCCS(=O)(=O)O)C(C)(C)c5c4ccc4c(S(=O)(=O)O)cc(S(=O)(=O)O)cc54)cc3)cc21.O=S(=O)=O. The van der Waals surface area contributed by atoms with Crippen molar-refractivity contribution >= 4 is 155 Å². The Balaban J connectivity index is 0.00000411. The lowest BCUT2D eigenvalue weighted by atomic mass is 9.76. The lowest BCUT2D eigenvalue weighted by Gasteiger charge is -2.31. The fraction of sp³-hybridized carbons (Fsp3) is 0.376. The van der Waals surface area contributed by atoms with Crippen LogP contribution in [0.25, 0.3) is 21.5 Å². The number of carboxylic acid groups (broad SMARTS) is 1. The summed E-state index contributed by atoms with van der Waals surface area (Å²) in [6.07, 6.45) is 16.9. The highest BCUT2D eigenvalue weighted by molar-refractivity contribution is 7.87. The third-order valence-corrected chi connectivity index (χ3v) is 28.9. The molecule has 1 unspecified atom stereocenters. The first-order valence-electron chi connectivity index (χ1n) is 40.0. The van der Waals surface area contributed by atoms with Crippen molar-refractivity contribution in [3.05, 3.63) is 214 Å². The number of nitrogens with one attached hydrogen (secondary N) is 2. The van der Waals surface area contributed by atoms with E-state index in [-0.39, 0.29) is 98.7 Å². The molecule has 0 radical (unpaired) electrons. The van der Waals surface area contributed by atoms with E-state index in [1.165, 1.54) is 36.4 Å². The van der Waals surface area contributed by atoms with Crippen molar-refractivity contribution < 1.29 is 132 Å². The molecule has 7 aromatic rings. The van der Waals surface area contributed by atoms with Crippen LogP contribution in [0.15, 0.2) is 195 Å². The van der Waals surface area contributed by atoms with Gasteiger partial charge in [0, 0.05) is 143 Å². The molecule has 0 spiro atoms. The number of aliphatic carboxylic acids is 1. The van der Waals surface area contributed by atoms with Crippen LogP contribution >= 0.6 is 0 Å². The topological polar surface area (TPSA) is 545 Å². The van der Waals surface area contributed by atoms with Gasteiger partial charge in [-0.15, -0.1) is 12.6 Å². The molecule has 4 aliphatic rings. The molecule has 34 nitrogen and oxygen atoms in total. The highest BCUT2D eigenvalue weighted by atomic mass is 32.2. The highest BCUT2D eigenvalue weighted by Crippen LogP contribution is 2.55. The van der Waals surface area contributed by atoms with Crippen molar-refractivity contribution in [2.45, 2.75) is 180 Å². The second kappa shape index (κ2) is 38.8. The fourth-order valence-electron chi connectivity index (χ4n) is 17.2. The summed E-state index contributed by atoms with van der Waals surface area (Å²) in [5.41, 5.74) is 5.41. The Morgan fingerprint density at radius 2 is 0.976 bits per heavy atom. The number of carbonyl (C=O) groups excluding carboxylic acids is 2. The Bertz CT molecular complexity index is 6800. The third-order valence-electron chi connectivity index (χ3n) is 23.1. The van der Waals surface area contributed by atoms with Gasteiger partial charge in [0.2, 0.25) is 17.3 Å². The molecule has 0 saturated heterocycles. The molecule has 684 valence electrons. The number of carboxylic acids is 1. The first kappa shape index (κ1) is 99.3. The first-order chi connectivity index (χ1) is 58.9. The molecule has 8 N–H and O–H groups in total. The number of amides is 2. The summed E-state index contributed by atoms with van der Waals surface area (Å²) in [6.45, 7) is 14.3. The smallest absolute Gasteiger partial charge is 0.425 e. The van der Waals surface area contributed by atoms with Gasteiger partial charge < -0.3 is 34.6 Å². The molecule has 4 aliphatic heterocycles. The van der Waals surface area contributed by atoms with Crippen LogP contribution in [-0.4, -0.2) is 190 Å². The van der Waals surface area contributed by atoms with E-state index in [0.29, 0.717) is 113 Å². The summed E-state index contributed by atoms with van der Waals surface area (Å²) in [5, 5.41) is 16.1. The van der Waals surface area contributed by atoms with Gasteiger partial charge in [0.15, 0.2) is 11.4 Å². The van der Waals surface area contributed by atoms with Crippen LogP contribution in [0.3, 0.4) is 0 Å². The highest BCUT2D eigenvalue weighted by Gasteiger charge is 2.49. The van der Waals surface area contributed by atoms with E-state index in [1.54, 1.807) is 105 Å². The van der Waals surface area contributed by atoms with Gasteiger partial charge in [-0.2, -0.15) is 51.2 Å². The third kappa shape index (κ3) is 24.0. The molecule has 4 heterocycles. The summed E-state index contributed by atoms with van der Waals surface area (Å²) >= 11 is 0. The van der Waals surface area contributed by atoms with E-state index in [9.17, 15) is 110 Å². The van der Waals surface area contributed by atoms with Gasteiger partial charge in [-0.25, -0.2) is 16.8 Å². The van der Waals surface area contributed by atoms with Crippen LogP contribution in [0.2, 0.25) is 0 Å². The average Bonchev–Trinajstić information content (AvgIpc) is 1.57. The largest absolute Gasteiger partial charge is 0.748 e. The molecule has 127 heavy (non-hydrogen) atoms. The van der Waals surface area contributed by atoms with Crippen LogP contribution in [0.5, 0.6) is 0 Å². The van der Waals surface area contributed by atoms with Crippen LogP contribution in [0.1, 0.15) is 169 Å². The maximum atomic E-state index is 13.8. The molecule has 7 aromatic carbocycles. The van der Waals surface area contributed by atoms with Crippen LogP contribution < -0.4 is 20.4 Å². The number of hydrogen-bond acceptors (Lipinski definition) is 24. The van der Waals surface area contributed by atoms with Crippen molar-refractivity contribution in [1.29, 1.82) is 0 Å².